The summed E-state index contributed by atoms with van der Waals surface area (Å²) in [5.41, 5.74) is 2.88. The van der Waals surface area contributed by atoms with Gasteiger partial charge in [0.2, 0.25) is 0 Å². The number of fused-ring (bicyclic) bond motifs is 5. The molecule has 0 aromatic heterocycles. The number of hydrogen-bond acceptors (Lipinski definition) is 2. The van der Waals surface area contributed by atoms with Gasteiger partial charge in [-0.1, -0.05) is 36.6 Å². The summed E-state index contributed by atoms with van der Waals surface area (Å²) in [6.07, 6.45) is 11.5. The lowest BCUT2D eigenvalue weighted by Gasteiger charge is -2.52. The van der Waals surface area contributed by atoms with Gasteiger partial charge in [0.1, 0.15) is 5.78 Å². The van der Waals surface area contributed by atoms with E-state index in [9.17, 15) is 9.90 Å². The first kappa shape index (κ1) is 13.8. The fourth-order valence-electron chi connectivity index (χ4n) is 5.84. The molecule has 114 valence electrons. The monoisotopic (exact) mass is 286 g/mol. The van der Waals surface area contributed by atoms with E-state index in [1.807, 2.05) is 0 Å². The second-order valence-electron chi connectivity index (χ2n) is 8.24. The molecule has 21 heavy (non-hydrogen) atoms. The first-order chi connectivity index (χ1) is 9.95. The van der Waals surface area contributed by atoms with Crippen molar-refractivity contribution in [2.75, 3.05) is 0 Å². The van der Waals surface area contributed by atoms with Crippen LogP contribution in [-0.4, -0.2) is 17.0 Å². The number of aliphatic hydroxyl groups excluding tert-OH is 1. The lowest BCUT2D eigenvalue weighted by atomic mass is 9.51. The van der Waals surface area contributed by atoms with E-state index in [2.05, 4.69) is 26.0 Å². The van der Waals surface area contributed by atoms with Gasteiger partial charge < -0.3 is 5.11 Å². The predicted molar refractivity (Wildman–Crippen MR) is 82.7 cm³/mol. The van der Waals surface area contributed by atoms with Crippen LogP contribution in [-0.2, 0) is 4.79 Å². The van der Waals surface area contributed by atoms with Crippen molar-refractivity contribution in [2.24, 2.45) is 22.7 Å². The van der Waals surface area contributed by atoms with Crippen LogP contribution in [0.5, 0.6) is 0 Å². The molecule has 0 saturated heterocycles. The number of allylic oxidation sites excluding steroid dienone is 3. The molecule has 1 N–H and O–H groups in total. The molecule has 4 aliphatic rings. The minimum Gasteiger partial charge on any atom is -0.392 e. The maximum absolute atomic E-state index is 12.8. The van der Waals surface area contributed by atoms with Gasteiger partial charge in [0, 0.05) is 6.42 Å². The maximum atomic E-state index is 12.8. The van der Waals surface area contributed by atoms with E-state index in [1.54, 1.807) is 5.57 Å². The number of carbonyl (C=O) groups is 1. The number of hydrogen-bond donors (Lipinski definition) is 1. The average Bonchev–Trinajstić information content (AvgIpc) is 2.82. The lowest BCUT2D eigenvalue weighted by Crippen LogP contribution is -2.49. The highest BCUT2D eigenvalue weighted by Crippen LogP contribution is 2.62. The molecular weight excluding hydrogens is 260 g/mol. The predicted octanol–water partition coefficient (Wildman–Crippen LogP) is 3.80. The standard InChI is InChI=1S/C19H26O2/c1-18-8-3-4-15(18)14-6-5-12-10-13(20)11-17(21)19(12,2)16(14)7-9-18/h5-6,13,15-16,20H,3-4,7-11H2,1-2H3/t13-,15+,16+,18+,19+/m1/s1. The van der Waals surface area contributed by atoms with Crippen LogP contribution in [0.4, 0.5) is 0 Å². The van der Waals surface area contributed by atoms with Crippen LogP contribution >= 0.6 is 0 Å². The summed E-state index contributed by atoms with van der Waals surface area (Å²) in [5.74, 6) is 1.35. The van der Waals surface area contributed by atoms with Gasteiger partial charge in [-0.2, -0.15) is 0 Å². The van der Waals surface area contributed by atoms with Gasteiger partial charge in [-0.3, -0.25) is 4.79 Å². The van der Waals surface area contributed by atoms with Crippen LogP contribution in [0.25, 0.3) is 0 Å². The molecule has 0 radical (unpaired) electrons. The largest absolute Gasteiger partial charge is 0.392 e. The number of Topliss-reactive ketones (excluding diaryl/α,β-unsaturated/α-hetero) is 1. The molecule has 0 aliphatic heterocycles. The van der Waals surface area contributed by atoms with Crippen molar-refractivity contribution < 1.29 is 9.90 Å². The van der Waals surface area contributed by atoms with E-state index in [0.717, 1.165) is 6.42 Å². The molecule has 2 nitrogen and oxygen atoms in total. The Labute approximate surface area is 127 Å². The second kappa shape index (κ2) is 4.32. The van der Waals surface area contributed by atoms with E-state index >= 15 is 0 Å². The summed E-state index contributed by atoms with van der Waals surface area (Å²) in [6, 6.07) is 0. The molecule has 0 unspecified atom stereocenters. The minimum atomic E-state index is -0.466. The van der Waals surface area contributed by atoms with Gasteiger partial charge in [-0.05, 0) is 56.3 Å². The molecule has 0 aromatic carbocycles. The summed E-state index contributed by atoms with van der Waals surface area (Å²) in [4.78, 5) is 12.8. The molecule has 2 heteroatoms. The van der Waals surface area contributed by atoms with Crippen molar-refractivity contribution in [3.63, 3.8) is 0 Å². The van der Waals surface area contributed by atoms with Gasteiger partial charge in [0.25, 0.3) is 0 Å². The summed E-state index contributed by atoms with van der Waals surface area (Å²) in [5, 5.41) is 9.94. The number of carbonyl (C=O) groups excluding carboxylic acids is 1. The van der Waals surface area contributed by atoms with Gasteiger partial charge in [-0.15, -0.1) is 0 Å². The van der Waals surface area contributed by atoms with Crippen molar-refractivity contribution in [1.82, 2.24) is 0 Å². The van der Waals surface area contributed by atoms with E-state index in [-0.39, 0.29) is 11.2 Å². The molecule has 3 saturated carbocycles. The quantitative estimate of drug-likeness (QED) is 0.735. The summed E-state index contributed by atoms with van der Waals surface area (Å²) < 4.78 is 0. The van der Waals surface area contributed by atoms with Crippen molar-refractivity contribution in [1.29, 1.82) is 0 Å². The molecule has 0 amide bonds. The van der Waals surface area contributed by atoms with Gasteiger partial charge in [-0.25, -0.2) is 0 Å². The van der Waals surface area contributed by atoms with Crippen LogP contribution in [0.15, 0.2) is 23.3 Å². The Morgan fingerprint density at radius 1 is 1.10 bits per heavy atom. The third kappa shape index (κ3) is 1.72. The Hall–Kier alpha value is -0.890. The first-order valence-corrected chi connectivity index (χ1v) is 8.57. The molecule has 0 aromatic rings. The van der Waals surface area contributed by atoms with Gasteiger partial charge in [0.05, 0.1) is 11.5 Å². The Kier molecular flexibility index (Phi) is 2.83. The zero-order valence-corrected chi connectivity index (χ0v) is 13.2. The van der Waals surface area contributed by atoms with Gasteiger partial charge >= 0.3 is 0 Å². The minimum absolute atomic E-state index is 0.268. The van der Waals surface area contributed by atoms with Crippen LogP contribution in [0.2, 0.25) is 0 Å². The normalized spacial score (nSPS) is 48.9. The first-order valence-electron chi connectivity index (χ1n) is 8.57. The van der Waals surface area contributed by atoms with E-state index in [4.69, 9.17) is 0 Å². The van der Waals surface area contributed by atoms with Crippen molar-refractivity contribution in [3.05, 3.63) is 23.3 Å². The van der Waals surface area contributed by atoms with Crippen molar-refractivity contribution in [3.8, 4) is 0 Å². The third-order valence-corrected chi connectivity index (χ3v) is 7.19. The summed E-state index contributed by atoms with van der Waals surface area (Å²) in [7, 11) is 0. The van der Waals surface area contributed by atoms with Gasteiger partial charge in [0.15, 0.2) is 0 Å². The summed E-state index contributed by atoms with van der Waals surface area (Å²) >= 11 is 0. The molecule has 0 spiro atoms. The molecule has 5 atom stereocenters. The van der Waals surface area contributed by atoms with E-state index in [0.29, 0.717) is 30.1 Å². The Bertz CT molecular complexity index is 558. The highest BCUT2D eigenvalue weighted by Gasteiger charge is 2.55. The van der Waals surface area contributed by atoms with Crippen molar-refractivity contribution >= 4 is 5.78 Å². The summed E-state index contributed by atoms with van der Waals surface area (Å²) in [6.45, 7) is 4.61. The van der Waals surface area contributed by atoms with Crippen LogP contribution in [0.1, 0.15) is 58.8 Å². The lowest BCUT2D eigenvalue weighted by molar-refractivity contribution is -0.133. The third-order valence-electron chi connectivity index (χ3n) is 7.19. The molecule has 4 rings (SSSR count). The fraction of sp³-hybridized carbons (Fsp3) is 0.737. The molecule has 3 fully saturated rings. The number of ketones is 1. The molecule has 0 heterocycles. The Morgan fingerprint density at radius 3 is 2.71 bits per heavy atom. The highest BCUT2D eigenvalue weighted by atomic mass is 16.3. The maximum Gasteiger partial charge on any atom is 0.145 e. The molecule has 4 aliphatic carbocycles. The molecule has 0 bridgehead atoms. The van der Waals surface area contributed by atoms with Crippen LogP contribution in [0, 0.1) is 22.7 Å². The zero-order valence-electron chi connectivity index (χ0n) is 13.2. The van der Waals surface area contributed by atoms with Crippen LogP contribution < -0.4 is 0 Å². The zero-order chi connectivity index (χ0) is 14.8. The van der Waals surface area contributed by atoms with E-state index in [1.165, 1.54) is 31.3 Å². The van der Waals surface area contributed by atoms with E-state index < -0.39 is 6.10 Å². The Morgan fingerprint density at radius 2 is 1.90 bits per heavy atom. The SMILES string of the molecule is C[C@@]12CCC[C@H]1C1=CC=C3C[C@@H](O)CC(=O)[C@]3(C)[C@H]1CC2. The smallest absolute Gasteiger partial charge is 0.145 e. The Balaban J connectivity index is 1.79. The van der Waals surface area contributed by atoms with Crippen LogP contribution in [0.3, 0.4) is 0 Å². The molecular formula is C19H26O2. The van der Waals surface area contributed by atoms with Crippen molar-refractivity contribution in [2.45, 2.75) is 64.9 Å². The highest BCUT2D eigenvalue weighted by molar-refractivity contribution is 5.90. The second-order valence-corrected chi connectivity index (χ2v) is 8.24. The average molecular weight is 286 g/mol. The number of aliphatic hydroxyl groups is 1. The number of rotatable bonds is 0. The topological polar surface area (TPSA) is 37.3 Å². The fourth-order valence-corrected chi connectivity index (χ4v) is 5.84.